The second-order valence-electron chi connectivity index (χ2n) is 3.44. The number of hydrogen-bond acceptors (Lipinski definition) is 0. The van der Waals surface area contributed by atoms with E-state index in [1.165, 1.54) is 10.9 Å². The lowest BCUT2D eigenvalue weighted by atomic mass is 9.58. The number of hydrogen-bond donors (Lipinski definition) is 0. The lowest BCUT2D eigenvalue weighted by Crippen LogP contribution is -2.12. The number of halogens is 1. The highest BCUT2D eigenvalue weighted by molar-refractivity contribution is 7.14. The highest BCUT2D eigenvalue weighted by Gasteiger charge is 2.18. The van der Waals surface area contributed by atoms with Gasteiger partial charge in [0.25, 0.3) is 0 Å². The number of allylic oxidation sites excluding steroid dienone is 4. The minimum absolute atomic E-state index is 0.130. The van der Waals surface area contributed by atoms with Gasteiger partial charge in [-0.2, -0.15) is 11.5 Å². The second-order valence-corrected chi connectivity index (χ2v) is 3.88. The Morgan fingerprint density at radius 2 is 1.29 bits per heavy atom. The topological polar surface area (TPSA) is 0 Å². The van der Waals surface area contributed by atoms with Crippen LogP contribution in [0.2, 0.25) is 0 Å². The van der Waals surface area contributed by atoms with Gasteiger partial charge in [-0.05, 0) is 25.7 Å². The van der Waals surface area contributed by atoms with Crippen LogP contribution in [-0.2, 0) is 0 Å². The fourth-order valence-electron chi connectivity index (χ4n) is 1.62. The molecule has 0 heterocycles. The zero-order valence-corrected chi connectivity index (χ0v) is 10.7. The normalized spacial score (nSPS) is 13.2. The van der Waals surface area contributed by atoms with E-state index in [4.69, 9.17) is 11.5 Å². The van der Waals surface area contributed by atoms with Crippen LogP contribution in [0.25, 0.3) is 0 Å². The molecule has 0 bridgehead atoms. The zero-order valence-electron chi connectivity index (χ0n) is 9.94. The summed E-state index contributed by atoms with van der Waals surface area (Å²) in [5.41, 5.74) is 2.74. The van der Waals surface area contributed by atoms with E-state index in [0.29, 0.717) is 0 Å². The quantitative estimate of drug-likeness (QED) is 0.556. The monoisotopic (exact) mass is 212 g/mol. The van der Waals surface area contributed by atoms with Gasteiger partial charge in [0.1, 0.15) is 0 Å². The van der Waals surface area contributed by atoms with E-state index in [1.807, 2.05) is 0 Å². The predicted molar refractivity (Wildman–Crippen MR) is 68.9 cm³/mol. The van der Waals surface area contributed by atoms with Crippen molar-refractivity contribution in [1.29, 1.82) is 0 Å². The van der Waals surface area contributed by atoms with Crippen molar-refractivity contribution in [1.82, 2.24) is 0 Å². The molecule has 0 fully saturated rings. The average Bonchev–Trinajstić information content (AvgIpc) is 2.21. The fourth-order valence-corrected chi connectivity index (χ4v) is 2.10. The van der Waals surface area contributed by atoms with Crippen molar-refractivity contribution in [2.45, 2.75) is 53.4 Å². The zero-order chi connectivity index (χ0) is 11.0. The lowest BCUT2D eigenvalue weighted by Gasteiger charge is -2.12. The van der Waals surface area contributed by atoms with E-state index in [0.717, 1.165) is 25.7 Å². The Morgan fingerprint density at radius 3 is 1.50 bits per heavy atom. The summed E-state index contributed by atoms with van der Waals surface area (Å²) in [6.45, 7) is 8.68. The Bertz CT molecular complexity index is 184. The Balaban J connectivity index is 4.62. The Kier molecular flexibility index (Phi) is 8.07. The van der Waals surface area contributed by atoms with Crippen molar-refractivity contribution in [2.75, 3.05) is 0 Å². The van der Waals surface area contributed by atoms with Crippen LogP contribution in [0.1, 0.15) is 53.4 Å². The molecule has 0 aromatic heterocycles. The van der Waals surface area contributed by atoms with E-state index < -0.39 is 0 Å². The molecule has 0 unspecified atom stereocenters. The van der Waals surface area contributed by atoms with Crippen molar-refractivity contribution in [3.63, 3.8) is 0 Å². The summed E-state index contributed by atoms with van der Waals surface area (Å²) in [6, 6.07) is 0. The van der Waals surface area contributed by atoms with Gasteiger partial charge in [-0.15, -0.1) is 0 Å². The van der Waals surface area contributed by atoms with Crippen LogP contribution in [0.15, 0.2) is 23.1 Å². The summed E-state index contributed by atoms with van der Waals surface area (Å²) in [5.74, 6) is 0. The van der Waals surface area contributed by atoms with Crippen LogP contribution >= 0.6 is 11.5 Å². The summed E-state index contributed by atoms with van der Waals surface area (Å²) in [7, 11) is 0. The third-order valence-electron chi connectivity index (χ3n) is 2.40. The second kappa shape index (κ2) is 8.17. The predicted octanol–water partition coefficient (Wildman–Crippen LogP) is 4.79. The van der Waals surface area contributed by atoms with Gasteiger partial charge in [0.05, 0.1) is 0 Å². The maximum atomic E-state index is 6.43. The molecule has 0 aromatic rings. The molecule has 0 radical (unpaired) electrons. The molecule has 0 rings (SSSR count). The van der Waals surface area contributed by atoms with Crippen molar-refractivity contribution < 1.29 is 0 Å². The molecule has 14 heavy (non-hydrogen) atoms. The number of rotatable bonds is 6. The van der Waals surface area contributed by atoms with Crippen LogP contribution in [0, 0.1) is 0 Å². The first-order chi connectivity index (χ1) is 6.71. The molecule has 0 N–H and O–H groups in total. The molecule has 0 saturated heterocycles. The first-order valence-corrected chi connectivity index (χ1v) is 6.16. The standard InChI is InChI=1S/C12H22BCl/c1-5-9-11(7-3)13(14)12(8-4)10-6-2/h9-10H,5-8H2,1-4H3/b11-9+,12-10+. The third kappa shape index (κ3) is 4.37. The first-order valence-electron chi connectivity index (χ1n) is 5.72. The third-order valence-corrected chi connectivity index (χ3v) is 2.96. The molecule has 0 aliphatic rings. The highest BCUT2D eigenvalue weighted by Crippen LogP contribution is 2.20. The van der Waals surface area contributed by atoms with E-state index in [-0.39, 0.29) is 6.13 Å². The van der Waals surface area contributed by atoms with Gasteiger partial charge in [0.2, 0.25) is 0 Å². The lowest BCUT2D eigenvalue weighted by molar-refractivity contribution is 1.10. The molecule has 80 valence electrons. The van der Waals surface area contributed by atoms with Crippen LogP contribution in [0.3, 0.4) is 0 Å². The van der Waals surface area contributed by atoms with Gasteiger partial charge >= 0.3 is 6.13 Å². The fraction of sp³-hybridized carbons (Fsp3) is 0.667. The van der Waals surface area contributed by atoms with Crippen molar-refractivity contribution in [2.24, 2.45) is 0 Å². The highest BCUT2D eigenvalue weighted by atomic mass is 35.5. The van der Waals surface area contributed by atoms with Crippen molar-refractivity contribution in [3.05, 3.63) is 23.1 Å². The Hall–Kier alpha value is -0.165. The molecular formula is C12H22BCl. The van der Waals surface area contributed by atoms with Gasteiger partial charge in [-0.3, -0.25) is 0 Å². The van der Waals surface area contributed by atoms with Gasteiger partial charge in [-0.1, -0.05) is 50.8 Å². The summed E-state index contributed by atoms with van der Waals surface area (Å²) < 4.78 is 0. The van der Waals surface area contributed by atoms with Crippen molar-refractivity contribution >= 4 is 17.6 Å². The summed E-state index contributed by atoms with van der Waals surface area (Å²) >= 11 is 6.43. The molecule has 0 amide bonds. The molecule has 0 aromatic carbocycles. The van der Waals surface area contributed by atoms with E-state index in [2.05, 4.69) is 39.8 Å². The Morgan fingerprint density at radius 1 is 0.929 bits per heavy atom. The van der Waals surface area contributed by atoms with Gasteiger partial charge in [0, 0.05) is 0 Å². The smallest absolute Gasteiger partial charge is 0.183 e. The van der Waals surface area contributed by atoms with Crippen LogP contribution in [0.5, 0.6) is 0 Å². The first kappa shape index (κ1) is 13.8. The summed E-state index contributed by atoms with van der Waals surface area (Å²) in [4.78, 5) is 0. The molecule has 0 aliphatic carbocycles. The molecule has 0 saturated carbocycles. The van der Waals surface area contributed by atoms with Crippen molar-refractivity contribution in [3.8, 4) is 0 Å². The average molecular weight is 213 g/mol. The van der Waals surface area contributed by atoms with Crippen LogP contribution in [-0.4, -0.2) is 6.13 Å². The minimum atomic E-state index is 0.130. The molecule has 0 aliphatic heterocycles. The molecule has 0 atom stereocenters. The Labute approximate surface area is 94.4 Å². The van der Waals surface area contributed by atoms with E-state index >= 15 is 0 Å². The molecular weight excluding hydrogens is 190 g/mol. The SMILES string of the molecule is CC/C=C(\CC)B(Cl)/C(=C/CC)CC. The molecule has 2 heteroatoms. The molecule has 0 nitrogen and oxygen atoms in total. The van der Waals surface area contributed by atoms with Crippen LogP contribution < -0.4 is 0 Å². The van der Waals surface area contributed by atoms with E-state index in [1.54, 1.807) is 0 Å². The maximum Gasteiger partial charge on any atom is 0.306 e. The minimum Gasteiger partial charge on any atom is -0.183 e. The molecule has 0 spiro atoms. The largest absolute Gasteiger partial charge is 0.306 e. The summed E-state index contributed by atoms with van der Waals surface area (Å²) in [5, 5.41) is 0. The summed E-state index contributed by atoms with van der Waals surface area (Å²) in [6.07, 6.45) is 8.93. The van der Waals surface area contributed by atoms with Gasteiger partial charge < -0.3 is 0 Å². The van der Waals surface area contributed by atoms with E-state index in [9.17, 15) is 0 Å². The van der Waals surface area contributed by atoms with Crippen LogP contribution in [0.4, 0.5) is 0 Å². The maximum absolute atomic E-state index is 6.43. The van der Waals surface area contributed by atoms with Gasteiger partial charge in [-0.25, -0.2) is 0 Å². The van der Waals surface area contributed by atoms with Gasteiger partial charge in [0.15, 0.2) is 0 Å².